The van der Waals surface area contributed by atoms with Gasteiger partial charge in [-0.05, 0) is 78.8 Å². The minimum absolute atomic E-state index is 0. The van der Waals surface area contributed by atoms with Gasteiger partial charge < -0.3 is 5.11 Å². The van der Waals surface area contributed by atoms with E-state index in [4.69, 9.17) is 4.98 Å². The molecule has 0 aliphatic carbocycles. The van der Waals surface area contributed by atoms with Gasteiger partial charge in [0.25, 0.3) is 0 Å². The molecule has 4 nitrogen and oxygen atoms in total. The molecule has 6 aromatic rings. The number of aliphatic hydroxyl groups excluding tert-OH is 1. The number of benzene rings is 3. The van der Waals surface area contributed by atoms with Crippen molar-refractivity contribution in [3.05, 3.63) is 82.7 Å². The Kier molecular flexibility index (Phi) is 13.6. The third kappa shape index (κ3) is 8.64. The number of rotatable bonds is 10. The van der Waals surface area contributed by atoms with Crippen molar-refractivity contribution in [1.82, 2.24) is 9.97 Å². The molecule has 0 saturated carbocycles. The normalized spacial score (nSPS) is 12.8. The first kappa shape index (κ1) is 42.8. The summed E-state index contributed by atoms with van der Waals surface area (Å²) in [6.45, 7) is 25.8. The van der Waals surface area contributed by atoms with Gasteiger partial charge in [0.1, 0.15) is 16.9 Å². The predicted octanol–water partition coefficient (Wildman–Crippen LogP) is 14.1. The van der Waals surface area contributed by atoms with Gasteiger partial charge in [-0.25, -0.2) is 4.98 Å². The Bertz CT molecular complexity index is 2260. The fourth-order valence-electron chi connectivity index (χ4n) is 6.80. The zero-order valence-corrected chi connectivity index (χ0v) is 37.7. The number of aliphatic hydroxyl groups is 1. The number of carbonyl (C=O) groups excluding carboxylic acids is 1. The summed E-state index contributed by atoms with van der Waals surface area (Å²) < 4.78 is 2.64. The number of nitrogens with zero attached hydrogens (tertiary/aromatic N) is 2. The molecule has 0 fully saturated rings. The number of carbonyl (C=O) groups is 1. The monoisotopic (exact) mass is 926 g/mol. The van der Waals surface area contributed by atoms with Crippen molar-refractivity contribution in [2.24, 2.45) is 16.7 Å². The van der Waals surface area contributed by atoms with Crippen LogP contribution in [0.3, 0.4) is 0 Å². The summed E-state index contributed by atoms with van der Waals surface area (Å²) >= 11 is 3.71. The Morgan fingerprint density at radius 1 is 0.849 bits per heavy atom. The van der Waals surface area contributed by atoms with E-state index in [1.807, 2.05) is 52.9 Å². The van der Waals surface area contributed by atoms with Crippen LogP contribution in [0.25, 0.3) is 52.4 Å². The summed E-state index contributed by atoms with van der Waals surface area (Å²) in [6.07, 6.45) is 7.60. The SMILES string of the molecule is CCC(C)(CC)C(=O)/C=C(\O)C(C)(CC)CC.Cc1c(CC(C)C)sc2cc3c(cc12)sc1ncnc(-c2[c-]c4ccccc4c(C(C)(C)C)c2)c13.[Ir]. The Hall–Kier alpha value is -2.96. The molecule has 0 bridgehead atoms. The van der Waals surface area contributed by atoms with Crippen LogP contribution < -0.4 is 0 Å². The van der Waals surface area contributed by atoms with Crippen LogP contribution in [0.2, 0.25) is 0 Å². The molecule has 1 N–H and O–H groups in total. The van der Waals surface area contributed by atoms with Crippen LogP contribution in [0.5, 0.6) is 0 Å². The van der Waals surface area contributed by atoms with E-state index in [9.17, 15) is 9.90 Å². The van der Waals surface area contributed by atoms with E-state index in [0.29, 0.717) is 5.92 Å². The van der Waals surface area contributed by atoms with Gasteiger partial charge in [0.2, 0.25) is 0 Å². The summed E-state index contributed by atoms with van der Waals surface area (Å²) in [5.74, 6) is 0.943. The third-order valence-electron chi connectivity index (χ3n) is 11.5. The van der Waals surface area contributed by atoms with Crippen molar-refractivity contribution in [3.63, 3.8) is 0 Å². The van der Waals surface area contributed by atoms with Gasteiger partial charge in [-0.3, -0.25) is 9.78 Å². The van der Waals surface area contributed by atoms with Crippen LogP contribution in [0.1, 0.15) is 118 Å². The van der Waals surface area contributed by atoms with Crippen LogP contribution in [-0.4, -0.2) is 20.9 Å². The van der Waals surface area contributed by atoms with Crippen LogP contribution in [0, 0.1) is 29.7 Å². The first-order valence-corrected chi connectivity index (χ1v) is 20.6. The second kappa shape index (κ2) is 16.8. The van der Waals surface area contributed by atoms with Crippen LogP contribution in [0.4, 0.5) is 0 Å². The Morgan fingerprint density at radius 3 is 2.06 bits per heavy atom. The third-order valence-corrected chi connectivity index (χ3v) is 13.8. The summed E-state index contributed by atoms with van der Waals surface area (Å²) in [4.78, 5) is 24.3. The summed E-state index contributed by atoms with van der Waals surface area (Å²) in [5.41, 5.74) is 4.19. The van der Waals surface area contributed by atoms with Gasteiger partial charge in [0, 0.05) is 62.4 Å². The Labute approximate surface area is 338 Å². The van der Waals surface area contributed by atoms with E-state index in [0.717, 1.165) is 59.0 Å². The fourth-order valence-corrected chi connectivity index (χ4v) is 9.31. The van der Waals surface area contributed by atoms with Crippen molar-refractivity contribution in [2.45, 2.75) is 121 Å². The fraction of sp³-hybridized carbons (Fsp3) is 0.457. The van der Waals surface area contributed by atoms with Crippen molar-refractivity contribution < 1.29 is 30.0 Å². The van der Waals surface area contributed by atoms with E-state index in [-0.39, 0.29) is 47.9 Å². The number of fused-ring (bicyclic) bond motifs is 5. The maximum atomic E-state index is 12.2. The average Bonchev–Trinajstić information content (AvgIpc) is 3.64. The van der Waals surface area contributed by atoms with E-state index in [2.05, 4.69) is 95.1 Å². The predicted molar refractivity (Wildman–Crippen MR) is 227 cm³/mol. The summed E-state index contributed by atoms with van der Waals surface area (Å²) in [6, 6.07) is 19.3. The van der Waals surface area contributed by atoms with Gasteiger partial charge in [-0.2, -0.15) is 0 Å². The number of aromatic nitrogens is 2. The minimum Gasteiger partial charge on any atom is -0.512 e. The molecule has 0 atom stereocenters. The average molecular weight is 926 g/mol. The van der Waals surface area contributed by atoms with Crippen molar-refractivity contribution in [1.29, 1.82) is 0 Å². The van der Waals surface area contributed by atoms with Crippen LogP contribution in [-0.2, 0) is 36.7 Å². The maximum Gasteiger partial charge on any atom is 0.164 e. The van der Waals surface area contributed by atoms with Crippen molar-refractivity contribution in [3.8, 4) is 11.3 Å². The smallest absolute Gasteiger partial charge is 0.164 e. The second-order valence-electron chi connectivity index (χ2n) is 16.4. The molecule has 0 aliphatic rings. The molecule has 3 aromatic heterocycles. The number of ketones is 1. The number of hydrogen-bond donors (Lipinski definition) is 1. The van der Waals surface area contributed by atoms with E-state index < -0.39 is 0 Å². The van der Waals surface area contributed by atoms with E-state index in [1.54, 1.807) is 17.7 Å². The number of aryl methyl sites for hydroxylation is 1. The molecule has 3 heterocycles. The Morgan fingerprint density at radius 2 is 1.45 bits per heavy atom. The van der Waals surface area contributed by atoms with Crippen molar-refractivity contribution >= 4 is 69.6 Å². The standard InChI is InChI=1S/C31H29N2S2.C15H28O2.Ir/c1-17(2)11-25-18(3)22-14-27-23(15-26(22)34-25)28-29(32-16-33-30(28)35-27)20-12-19-9-7-8-10-21(19)24(13-20)31(4,5)6;1-7-14(5,8-2)12(16)11-13(17)15(6,9-3)10-4;/h7-10,13-17H,11H2,1-6H3;11,16H,7-10H2,1-6H3;/q-1;;/b;12-11-;. The first-order chi connectivity index (χ1) is 24.5. The number of hydrogen-bond acceptors (Lipinski definition) is 6. The zero-order valence-electron chi connectivity index (χ0n) is 33.7. The molecule has 3 aromatic carbocycles. The second-order valence-corrected chi connectivity index (χ2v) is 18.6. The summed E-state index contributed by atoms with van der Waals surface area (Å²) in [7, 11) is 0. The molecule has 6 rings (SSSR count). The molecular weight excluding hydrogens is 869 g/mol. The molecule has 0 unspecified atom stereocenters. The molecule has 7 heteroatoms. The van der Waals surface area contributed by atoms with Gasteiger partial charge in [-0.1, -0.05) is 105 Å². The van der Waals surface area contributed by atoms with E-state index in [1.165, 1.54) is 47.6 Å². The van der Waals surface area contributed by atoms with Gasteiger partial charge >= 0.3 is 0 Å². The molecule has 0 amide bonds. The molecule has 0 aliphatic heterocycles. The first-order valence-electron chi connectivity index (χ1n) is 19.0. The van der Waals surface area contributed by atoms with Gasteiger partial charge in [-0.15, -0.1) is 51.8 Å². The molecule has 53 heavy (non-hydrogen) atoms. The van der Waals surface area contributed by atoms with Crippen molar-refractivity contribution in [2.75, 3.05) is 0 Å². The van der Waals surface area contributed by atoms with Gasteiger partial charge in [0.05, 0.1) is 0 Å². The van der Waals surface area contributed by atoms with Crippen LogP contribution >= 0.6 is 22.7 Å². The largest absolute Gasteiger partial charge is 0.512 e. The molecule has 0 saturated heterocycles. The molecular formula is C46H57IrN2O2S2-. The number of allylic oxidation sites excluding steroid dienone is 2. The topological polar surface area (TPSA) is 63.1 Å². The van der Waals surface area contributed by atoms with E-state index >= 15 is 0 Å². The summed E-state index contributed by atoms with van der Waals surface area (Å²) in [5, 5.41) is 16.3. The number of thiophene rings is 2. The molecule has 0 spiro atoms. The van der Waals surface area contributed by atoms with Gasteiger partial charge in [0.15, 0.2) is 5.78 Å². The maximum absolute atomic E-state index is 12.2. The molecule has 1 radical (unpaired) electrons. The molecule has 285 valence electrons. The quantitative estimate of drug-likeness (QED) is 0.0845. The zero-order chi connectivity index (χ0) is 38.2. The Balaban J connectivity index is 0.000000299. The van der Waals surface area contributed by atoms with Crippen LogP contribution in [0.15, 0.2) is 60.6 Å². The minimum atomic E-state index is -0.337.